The van der Waals surface area contributed by atoms with Gasteiger partial charge in [-0.15, -0.1) is 5.10 Å². The quantitative estimate of drug-likeness (QED) is 0.871. The van der Waals surface area contributed by atoms with E-state index in [9.17, 15) is 4.79 Å². The second kappa shape index (κ2) is 6.02. The van der Waals surface area contributed by atoms with Gasteiger partial charge in [0.25, 0.3) is 0 Å². The van der Waals surface area contributed by atoms with Crippen molar-refractivity contribution in [1.29, 1.82) is 0 Å². The molecule has 1 unspecified atom stereocenters. The maximum Gasteiger partial charge on any atom is 0.410 e. The van der Waals surface area contributed by atoms with Gasteiger partial charge in [-0.1, -0.05) is 35.5 Å². The predicted octanol–water partition coefficient (Wildman–Crippen LogP) is 2.74. The first-order valence-electron chi connectivity index (χ1n) is 8.17. The van der Waals surface area contributed by atoms with Crippen molar-refractivity contribution in [3.63, 3.8) is 0 Å². The summed E-state index contributed by atoms with van der Waals surface area (Å²) in [6.07, 6.45) is 5.14. The fourth-order valence-electron chi connectivity index (χ4n) is 2.97. The highest BCUT2D eigenvalue weighted by Crippen LogP contribution is 2.39. The van der Waals surface area contributed by atoms with Gasteiger partial charge < -0.3 is 9.64 Å². The van der Waals surface area contributed by atoms with Gasteiger partial charge in [0, 0.05) is 25.2 Å². The Labute approximate surface area is 135 Å². The normalized spacial score (nSPS) is 20.7. The van der Waals surface area contributed by atoms with Crippen molar-refractivity contribution in [2.24, 2.45) is 0 Å². The van der Waals surface area contributed by atoms with Gasteiger partial charge >= 0.3 is 6.09 Å². The molecule has 120 valence electrons. The topological polar surface area (TPSA) is 60.2 Å². The first kappa shape index (κ1) is 14.2. The Bertz CT molecular complexity index is 681. The molecule has 0 radical (unpaired) electrons. The number of hydrogen-bond donors (Lipinski definition) is 0. The minimum atomic E-state index is -0.251. The Kier molecular flexibility index (Phi) is 3.73. The van der Waals surface area contributed by atoms with Crippen LogP contribution in [0.3, 0.4) is 0 Å². The van der Waals surface area contributed by atoms with Gasteiger partial charge in [-0.05, 0) is 24.8 Å². The molecule has 0 N–H and O–H groups in total. The van der Waals surface area contributed by atoms with E-state index in [0.717, 1.165) is 17.7 Å². The predicted molar refractivity (Wildman–Crippen MR) is 83.9 cm³/mol. The molecule has 1 amide bonds. The molecular formula is C17H20N4O2. The molecule has 1 atom stereocenters. The highest BCUT2D eigenvalue weighted by molar-refractivity contribution is 5.68. The number of likely N-dealkylation sites (tertiary alicyclic amines) is 1. The lowest BCUT2D eigenvalue weighted by Crippen LogP contribution is -2.29. The van der Waals surface area contributed by atoms with E-state index in [2.05, 4.69) is 10.3 Å². The molecule has 2 fully saturated rings. The molecule has 1 saturated carbocycles. The van der Waals surface area contributed by atoms with E-state index < -0.39 is 0 Å². The third-order valence-electron chi connectivity index (χ3n) is 4.52. The third-order valence-corrected chi connectivity index (χ3v) is 4.52. The van der Waals surface area contributed by atoms with Gasteiger partial charge in [-0.3, -0.25) is 0 Å². The zero-order chi connectivity index (χ0) is 15.6. The molecule has 2 heterocycles. The van der Waals surface area contributed by atoms with E-state index in [1.165, 1.54) is 12.8 Å². The maximum absolute atomic E-state index is 12.2. The fourth-order valence-corrected chi connectivity index (χ4v) is 2.97. The molecule has 1 aliphatic carbocycles. The number of aromatic nitrogens is 3. The van der Waals surface area contributed by atoms with Crippen molar-refractivity contribution >= 4 is 6.09 Å². The van der Waals surface area contributed by atoms with Crippen molar-refractivity contribution in [3.8, 4) is 0 Å². The number of ether oxygens (including phenoxy) is 1. The Balaban J connectivity index is 1.31. The first-order valence-corrected chi connectivity index (χ1v) is 8.17. The summed E-state index contributed by atoms with van der Waals surface area (Å²) in [5, 5.41) is 8.48. The Hall–Kier alpha value is -2.37. The van der Waals surface area contributed by atoms with Crippen LogP contribution in [-0.4, -0.2) is 39.1 Å². The fraction of sp³-hybridized carbons (Fsp3) is 0.471. The van der Waals surface area contributed by atoms with Crippen molar-refractivity contribution in [2.75, 3.05) is 13.1 Å². The van der Waals surface area contributed by atoms with Crippen molar-refractivity contribution in [3.05, 3.63) is 47.8 Å². The molecule has 4 rings (SSSR count). The average Bonchev–Trinajstić information content (AvgIpc) is 3.12. The minimum Gasteiger partial charge on any atom is -0.445 e. The third kappa shape index (κ3) is 3.21. The van der Waals surface area contributed by atoms with E-state index in [1.807, 2.05) is 41.2 Å². The smallest absolute Gasteiger partial charge is 0.410 e. The number of carbonyl (C=O) groups excluding carboxylic acids is 1. The first-order chi connectivity index (χ1) is 11.3. The number of benzene rings is 1. The zero-order valence-corrected chi connectivity index (χ0v) is 13.0. The van der Waals surface area contributed by atoms with Crippen LogP contribution < -0.4 is 0 Å². The van der Waals surface area contributed by atoms with E-state index in [0.29, 0.717) is 25.6 Å². The van der Waals surface area contributed by atoms with Crippen LogP contribution in [0.5, 0.6) is 0 Å². The van der Waals surface area contributed by atoms with Crippen molar-refractivity contribution in [2.45, 2.75) is 37.8 Å². The summed E-state index contributed by atoms with van der Waals surface area (Å²) in [4.78, 5) is 13.9. The summed E-state index contributed by atoms with van der Waals surface area (Å²) in [5.74, 6) is 0.608. The molecule has 6 heteroatoms. The van der Waals surface area contributed by atoms with E-state index >= 15 is 0 Å². The van der Waals surface area contributed by atoms with Crippen molar-refractivity contribution < 1.29 is 9.53 Å². The molecule has 0 spiro atoms. The van der Waals surface area contributed by atoms with Gasteiger partial charge in [0.05, 0.1) is 11.7 Å². The standard InChI is InChI=1S/C17H20N4O2/c22-17(23-12-13-4-2-1-3-5-13)20-9-8-15(10-20)21-11-16(18-19-21)14-6-7-14/h1-5,11,14-15H,6-10,12H2. The summed E-state index contributed by atoms with van der Waals surface area (Å²) in [5.41, 5.74) is 2.09. The second-order valence-electron chi connectivity index (χ2n) is 6.33. The Morgan fingerprint density at radius 1 is 1.22 bits per heavy atom. The summed E-state index contributed by atoms with van der Waals surface area (Å²) in [6.45, 7) is 1.66. The Morgan fingerprint density at radius 3 is 2.83 bits per heavy atom. The lowest BCUT2D eigenvalue weighted by molar-refractivity contribution is 0.103. The van der Waals surface area contributed by atoms with Crippen LogP contribution in [0, 0.1) is 0 Å². The minimum absolute atomic E-state index is 0.208. The van der Waals surface area contributed by atoms with Crippen LogP contribution >= 0.6 is 0 Å². The molecule has 1 aliphatic heterocycles. The van der Waals surface area contributed by atoms with Crippen LogP contribution in [0.4, 0.5) is 4.79 Å². The van der Waals surface area contributed by atoms with Crippen molar-refractivity contribution in [1.82, 2.24) is 19.9 Å². The average molecular weight is 312 g/mol. The number of nitrogens with zero attached hydrogens (tertiary/aromatic N) is 4. The van der Waals surface area contributed by atoms with Gasteiger partial charge in [0.15, 0.2) is 0 Å². The zero-order valence-electron chi connectivity index (χ0n) is 13.0. The van der Waals surface area contributed by atoms with E-state index in [4.69, 9.17) is 4.74 Å². The molecule has 6 nitrogen and oxygen atoms in total. The maximum atomic E-state index is 12.2. The molecular weight excluding hydrogens is 292 g/mol. The van der Waals surface area contributed by atoms with Crippen LogP contribution in [0.2, 0.25) is 0 Å². The van der Waals surface area contributed by atoms with Gasteiger partial charge in [-0.25, -0.2) is 9.48 Å². The molecule has 1 aromatic heterocycles. The Morgan fingerprint density at radius 2 is 2.04 bits per heavy atom. The summed E-state index contributed by atoms with van der Waals surface area (Å²) < 4.78 is 7.31. The van der Waals surface area contributed by atoms with E-state index in [-0.39, 0.29) is 12.1 Å². The molecule has 23 heavy (non-hydrogen) atoms. The molecule has 1 aromatic carbocycles. The molecule has 1 saturated heterocycles. The lowest BCUT2D eigenvalue weighted by atomic mass is 10.2. The summed E-state index contributed by atoms with van der Waals surface area (Å²) in [6, 6.07) is 9.95. The highest BCUT2D eigenvalue weighted by atomic mass is 16.6. The highest BCUT2D eigenvalue weighted by Gasteiger charge is 2.31. The van der Waals surface area contributed by atoms with Crippen LogP contribution in [0.25, 0.3) is 0 Å². The summed E-state index contributed by atoms with van der Waals surface area (Å²) in [7, 11) is 0. The van der Waals surface area contributed by atoms with Gasteiger partial charge in [0.1, 0.15) is 6.61 Å². The monoisotopic (exact) mass is 312 g/mol. The van der Waals surface area contributed by atoms with Crippen LogP contribution in [-0.2, 0) is 11.3 Å². The number of carbonyl (C=O) groups is 1. The van der Waals surface area contributed by atoms with Gasteiger partial charge in [0.2, 0.25) is 0 Å². The lowest BCUT2D eigenvalue weighted by Gasteiger charge is -2.16. The molecule has 0 bridgehead atoms. The second-order valence-corrected chi connectivity index (χ2v) is 6.33. The van der Waals surface area contributed by atoms with Gasteiger partial charge in [-0.2, -0.15) is 0 Å². The largest absolute Gasteiger partial charge is 0.445 e. The number of amides is 1. The molecule has 2 aliphatic rings. The summed E-state index contributed by atoms with van der Waals surface area (Å²) >= 11 is 0. The van der Waals surface area contributed by atoms with E-state index in [1.54, 1.807) is 4.90 Å². The van der Waals surface area contributed by atoms with Crippen LogP contribution in [0.15, 0.2) is 36.5 Å². The number of hydrogen-bond acceptors (Lipinski definition) is 4. The SMILES string of the molecule is O=C(OCc1ccccc1)N1CCC(n2cc(C3CC3)nn2)C1. The molecule has 2 aromatic rings. The van der Waals surface area contributed by atoms with Crippen LogP contribution in [0.1, 0.15) is 42.5 Å². The number of rotatable bonds is 4.